The number of aliphatic imine (C=N–C) groups is 1. The van der Waals surface area contributed by atoms with Gasteiger partial charge in [0.05, 0.1) is 6.04 Å². The van der Waals surface area contributed by atoms with Crippen LogP contribution in [-0.4, -0.2) is 24.7 Å². The van der Waals surface area contributed by atoms with Gasteiger partial charge < -0.3 is 9.47 Å². The summed E-state index contributed by atoms with van der Waals surface area (Å²) < 4.78 is 12.1. The molecule has 2 atom stereocenters. The van der Waals surface area contributed by atoms with Crippen LogP contribution in [0.5, 0.6) is 0 Å². The molecule has 0 aliphatic carbocycles. The molecule has 23 heavy (non-hydrogen) atoms. The molecule has 2 aromatic rings. The van der Waals surface area contributed by atoms with Gasteiger partial charge in [0.2, 0.25) is 5.90 Å². The summed E-state index contributed by atoms with van der Waals surface area (Å²) in [4.78, 5) is 4.77. The summed E-state index contributed by atoms with van der Waals surface area (Å²) in [6.45, 7) is 5.01. The zero-order chi connectivity index (χ0) is 15.9. The number of benzene rings is 2. The second-order valence-electron chi connectivity index (χ2n) is 6.56. The van der Waals surface area contributed by atoms with Crippen LogP contribution in [0.25, 0.3) is 0 Å². The van der Waals surface area contributed by atoms with Crippen molar-refractivity contribution in [2.75, 3.05) is 6.61 Å². The van der Waals surface area contributed by atoms with E-state index in [1.54, 1.807) is 0 Å². The monoisotopic (exact) mass is 307 g/mol. The Morgan fingerprint density at radius 1 is 0.957 bits per heavy atom. The number of hydrogen-bond donors (Lipinski definition) is 0. The zero-order valence-corrected chi connectivity index (χ0v) is 13.5. The molecule has 2 aliphatic rings. The lowest BCUT2D eigenvalue weighted by atomic mass is 9.88. The normalized spacial score (nSPS) is 25.1. The largest absolute Gasteiger partial charge is 0.477 e. The van der Waals surface area contributed by atoms with Gasteiger partial charge in [-0.2, -0.15) is 0 Å². The smallest absolute Gasteiger partial charge is 0.217 e. The van der Waals surface area contributed by atoms with Crippen LogP contribution in [0, 0.1) is 5.92 Å². The van der Waals surface area contributed by atoms with Crippen molar-refractivity contribution in [3.8, 4) is 0 Å². The third-order valence-electron chi connectivity index (χ3n) is 4.71. The summed E-state index contributed by atoms with van der Waals surface area (Å²) in [5, 5.41) is 0. The third-order valence-corrected chi connectivity index (χ3v) is 4.71. The van der Waals surface area contributed by atoms with Gasteiger partial charge in [0.15, 0.2) is 11.7 Å². The van der Waals surface area contributed by atoms with Crippen molar-refractivity contribution in [2.24, 2.45) is 10.9 Å². The Morgan fingerprint density at radius 3 is 2.00 bits per heavy atom. The first kappa shape index (κ1) is 14.5. The minimum atomic E-state index is -0.465. The first-order chi connectivity index (χ1) is 11.2. The minimum Gasteiger partial charge on any atom is -0.477 e. The van der Waals surface area contributed by atoms with Crippen molar-refractivity contribution in [1.29, 1.82) is 0 Å². The van der Waals surface area contributed by atoms with Gasteiger partial charge in [-0.15, -0.1) is 0 Å². The van der Waals surface area contributed by atoms with E-state index < -0.39 is 5.60 Å². The molecule has 0 unspecified atom stereocenters. The fraction of sp³-hybridized carbons (Fsp3) is 0.350. The lowest BCUT2D eigenvalue weighted by Gasteiger charge is -2.14. The van der Waals surface area contributed by atoms with Gasteiger partial charge in [-0.05, 0) is 17.0 Å². The van der Waals surface area contributed by atoms with E-state index in [-0.39, 0.29) is 12.1 Å². The number of epoxide rings is 1. The van der Waals surface area contributed by atoms with Crippen LogP contribution >= 0.6 is 0 Å². The van der Waals surface area contributed by atoms with E-state index in [9.17, 15) is 0 Å². The fourth-order valence-electron chi connectivity index (χ4n) is 3.25. The Balaban J connectivity index is 1.72. The number of nitrogens with zero attached hydrogens (tertiary/aromatic N) is 1. The van der Waals surface area contributed by atoms with Crippen molar-refractivity contribution in [2.45, 2.75) is 31.6 Å². The highest BCUT2D eigenvalue weighted by molar-refractivity contribution is 5.88. The molecule has 2 aliphatic heterocycles. The Labute approximate surface area is 137 Å². The maximum atomic E-state index is 6.23. The predicted octanol–water partition coefficient (Wildman–Crippen LogP) is 3.78. The molecule has 0 saturated carbocycles. The van der Waals surface area contributed by atoms with Crippen molar-refractivity contribution >= 4 is 5.90 Å². The van der Waals surface area contributed by atoms with Crippen molar-refractivity contribution in [3.05, 3.63) is 71.8 Å². The number of rotatable bonds is 4. The lowest BCUT2D eigenvalue weighted by molar-refractivity contribution is 0.275. The Bertz CT molecular complexity index is 669. The van der Waals surface area contributed by atoms with Crippen LogP contribution < -0.4 is 0 Å². The van der Waals surface area contributed by atoms with Crippen molar-refractivity contribution in [1.82, 2.24) is 0 Å². The van der Waals surface area contributed by atoms with E-state index in [4.69, 9.17) is 14.5 Å². The molecule has 4 rings (SSSR count). The summed E-state index contributed by atoms with van der Waals surface area (Å²) in [5.74, 6) is 1.23. The van der Waals surface area contributed by atoms with E-state index in [0.29, 0.717) is 12.5 Å². The highest BCUT2D eigenvalue weighted by atomic mass is 16.6. The summed E-state index contributed by atoms with van der Waals surface area (Å²) >= 11 is 0. The molecule has 3 nitrogen and oxygen atoms in total. The standard InChI is InChI=1S/C20H21NO2/c1-14(2)17-13-22-19(21-17)18-20(23-18,15-9-5-3-6-10-15)16-11-7-4-8-12-16/h3-12,14,17-18H,13H2,1-2H3/t17-,18+/m1/s1. The van der Waals surface area contributed by atoms with Crippen molar-refractivity contribution < 1.29 is 9.47 Å². The van der Waals surface area contributed by atoms with Crippen LogP contribution in [-0.2, 0) is 15.1 Å². The van der Waals surface area contributed by atoms with Gasteiger partial charge in [0, 0.05) is 0 Å². The number of hydrogen-bond acceptors (Lipinski definition) is 3. The number of ether oxygens (including phenoxy) is 2. The summed E-state index contributed by atoms with van der Waals surface area (Å²) in [6.07, 6.45) is -0.129. The fourth-order valence-corrected chi connectivity index (χ4v) is 3.25. The molecule has 1 fully saturated rings. The first-order valence-electron chi connectivity index (χ1n) is 8.21. The lowest BCUT2D eigenvalue weighted by Crippen LogP contribution is -2.21. The average Bonchev–Trinajstić information content (AvgIpc) is 3.16. The molecule has 0 aromatic heterocycles. The molecule has 0 spiro atoms. The SMILES string of the molecule is CC(C)[C@H]1COC([C@@H]2OC2(c2ccccc2)c2ccccc2)=N1. The topological polar surface area (TPSA) is 34.1 Å². The molecule has 0 bridgehead atoms. The molecule has 2 aromatic carbocycles. The van der Waals surface area contributed by atoms with E-state index >= 15 is 0 Å². The van der Waals surface area contributed by atoms with Gasteiger partial charge in [-0.3, -0.25) is 0 Å². The maximum absolute atomic E-state index is 6.23. The van der Waals surface area contributed by atoms with Gasteiger partial charge in [0.1, 0.15) is 6.61 Å². The van der Waals surface area contributed by atoms with Crippen LogP contribution in [0.15, 0.2) is 65.7 Å². The van der Waals surface area contributed by atoms with Crippen molar-refractivity contribution in [3.63, 3.8) is 0 Å². The van der Waals surface area contributed by atoms with Crippen LogP contribution in [0.2, 0.25) is 0 Å². The average molecular weight is 307 g/mol. The molecule has 3 heteroatoms. The zero-order valence-electron chi connectivity index (χ0n) is 13.5. The molecule has 0 radical (unpaired) electrons. The summed E-state index contributed by atoms with van der Waals surface area (Å²) in [6, 6.07) is 20.9. The van der Waals surface area contributed by atoms with Gasteiger partial charge in [0.25, 0.3) is 0 Å². The minimum absolute atomic E-state index is 0.129. The molecule has 2 heterocycles. The molecule has 118 valence electrons. The molecule has 0 N–H and O–H groups in total. The van der Waals surface area contributed by atoms with Gasteiger partial charge in [-0.1, -0.05) is 74.5 Å². The van der Waals surface area contributed by atoms with E-state index in [2.05, 4.69) is 38.1 Å². The summed E-state index contributed by atoms with van der Waals surface area (Å²) in [5.41, 5.74) is 1.83. The molecular formula is C20H21NO2. The van der Waals surface area contributed by atoms with Crippen LogP contribution in [0.4, 0.5) is 0 Å². The Morgan fingerprint density at radius 2 is 1.52 bits per heavy atom. The maximum Gasteiger partial charge on any atom is 0.217 e. The Kier molecular flexibility index (Phi) is 3.46. The molecule has 1 saturated heterocycles. The van der Waals surface area contributed by atoms with Crippen LogP contribution in [0.1, 0.15) is 25.0 Å². The van der Waals surface area contributed by atoms with Crippen LogP contribution in [0.3, 0.4) is 0 Å². The predicted molar refractivity (Wildman–Crippen MR) is 90.6 cm³/mol. The quantitative estimate of drug-likeness (QED) is 0.806. The molecule has 0 amide bonds. The van der Waals surface area contributed by atoms with Gasteiger partial charge >= 0.3 is 0 Å². The van der Waals surface area contributed by atoms with E-state index in [1.807, 2.05) is 36.4 Å². The van der Waals surface area contributed by atoms with Gasteiger partial charge in [-0.25, -0.2) is 4.99 Å². The summed E-state index contributed by atoms with van der Waals surface area (Å²) in [7, 11) is 0. The van der Waals surface area contributed by atoms with E-state index in [0.717, 1.165) is 17.0 Å². The highest BCUT2D eigenvalue weighted by Gasteiger charge is 2.63. The van der Waals surface area contributed by atoms with E-state index in [1.165, 1.54) is 0 Å². The highest BCUT2D eigenvalue weighted by Crippen LogP contribution is 2.52. The second kappa shape index (κ2) is 5.50. The molecular weight excluding hydrogens is 286 g/mol. The Hall–Kier alpha value is -2.13. The first-order valence-corrected chi connectivity index (χ1v) is 8.21. The third kappa shape index (κ3) is 2.36. The second-order valence-corrected chi connectivity index (χ2v) is 6.56.